The summed E-state index contributed by atoms with van der Waals surface area (Å²) in [5.41, 5.74) is 2.59. The van der Waals surface area contributed by atoms with Gasteiger partial charge in [0, 0.05) is 25.9 Å². The van der Waals surface area contributed by atoms with Crippen LogP contribution in [0.2, 0.25) is 0 Å². The number of hydrogen-bond donors (Lipinski definition) is 0. The summed E-state index contributed by atoms with van der Waals surface area (Å²) in [6.45, 7) is 6.20. The standard InChI is InChI=1S/C19H21N3OS/c1-13-3-4-16(11-14(13)2)23-15-5-8-22(9-6-15)18-17-7-10-24-19(17)21-12-20-18/h3-4,7,10-12,15H,5-6,8-9H2,1-2H3. The second kappa shape index (κ2) is 6.40. The van der Waals surface area contributed by atoms with Gasteiger partial charge in [0.2, 0.25) is 0 Å². The van der Waals surface area contributed by atoms with Crippen LogP contribution in [0, 0.1) is 13.8 Å². The lowest BCUT2D eigenvalue weighted by molar-refractivity contribution is 0.170. The molecule has 0 spiro atoms. The first-order valence-electron chi connectivity index (χ1n) is 8.38. The van der Waals surface area contributed by atoms with Crippen molar-refractivity contribution in [3.8, 4) is 5.75 Å². The summed E-state index contributed by atoms with van der Waals surface area (Å²) in [6.07, 6.45) is 3.99. The maximum absolute atomic E-state index is 6.19. The molecule has 4 nitrogen and oxygen atoms in total. The Morgan fingerprint density at radius 3 is 2.71 bits per heavy atom. The van der Waals surface area contributed by atoms with Crippen LogP contribution >= 0.6 is 11.3 Å². The average molecular weight is 339 g/mol. The number of aromatic nitrogens is 2. The molecule has 0 N–H and O–H groups in total. The van der Waals surface area contributed by atoms with Crippen LogP contribution in [-0.4, -0.2) is 29.2 Å². The van der Waals surface area contributed by atoms with Gasteiger partial charge in [0.15, 0.2) is 0 Å². The van der Waals surface area contributed by atoms with Crippen molar-refractivity contribution in [2.75, 3.05) is 18.0 Å². The zero-order valence-electron chi connectivity index (χ0n) is 14.0. The molecular weight excluding hydrogens is 318 g/mol. The van der Waals surface area contributed by atoms with E-state index in [9.17, 15) is 0 Å². The number of fused-ring (bicyclic) bond motifs is 1. The van der Waals surface area contributed by atoms with Crippen LogP contribution in [-0.2, 0) is 0 Å². The molecule has 0 amide bonds. The van der Waals surface area contributed by atoms with Crippen LogP contribution in [0.15, 0.2) is 36.0 Å². The Bertz CT molecular complexity index is 853. The minimum absolute atomic E-state index is 0.281. The number of nitrogens with zero attached hydrogens (tertiary/aromatic N) is 3. The van der Waals surface area contributed by atoms with E-state index in [0.717, 1.165) is 47.7 Å². The number of aryl methyl sites for hydroxylation is 2. The topological polar surface area (TPSA) is 38.2 Å². The molecule has 3 aromatic rings. The van der Waals surface area contributed by atoms with Crippen molar-refractivity contribution in [2.24, 2.45) is 0 Å². The van der Waals surface area contributed by atoms with E-state index < -0.39 is 0 Å². The summed E-state index contributed by atoms with van der Waals surface area (Å²) in [4.78, 5) is 12.3. The van der Waals surface area contributed by atoms with E-state index in [1.807, 2.05) is 0 Å². The van der Waals surface area contributed by atoms with Gasteiger partial charge in [0.25, 0.3) is 0 Å². The predicted octanol–water partition coefficient (Wildman–Crippen LogP) is 4.36. The van der Waals surface area contributed by atoms with Crippen molar-refractivity contribution < 1.29 is 4.74 Å². The second-order valence-electron chi connectivity index (χ2n) is 6.39. The molecule has 5 heteroatoms. The molecule has 0 unspecified atom stereocenters. The first-order chi connectivity index (χ1) is 11.7. The molecule has 3 heterocycles. The fraction of sp³-hybridized carbons (Fsp3) is 0.368. The SMILES string of the molecule is Cc1ccc(OC2CCN(c3ncnc4sccc34)CC2)cc1C. The maximum Gasteiger partial charge on any atom is 0.140 e. The van der Waals surface area contributed by atoms with Gasteiger partial charge in [-0.05, 0) is 48.6 Å². The number of ether oxygens (including phenoxy) is 1. The molecule has 1 saturated heterocycles. The van der Waals surface area contributed by atoms with E-state index in [4.69, 9.17) is 4.74 Å². The smallest absolute Gasteiger partial charge is 0.140 e. The summed E-state index contributed by atoms with van der Waals surface area (Å²) in [5, 5.41) is 3.24. The molecule has 1 aliphatic rings. The minimum Gasteiger partial charge on any atom is -0.490 e. The molecule has 124 valence electrons. The summed E-state index contributed by atoms with van der Waals surface area (Å²) in [5.74, 6) is 2.05. The zero-order chi connectivity index (χ0) is 16.5. The fourth-order valence-electron chi connectivity index (χ4n) is 3.19. The van der Waals surface area contributed by atoms with Crippen LogP contribution < -0.4 is 9.64 Å². The van der Waals surface area contributed by atoms with Crippen LogP contribution in [0.5, 0.6) is 5.75 Å². The number of piperidine rings is 1. The summed E-state index contributed by atoms with van der Waals surface area (Å²) in [6, 6.07) is 8.47. The van der Waals surface area contributed by atoms with Gasteiger partial charge in [-0.2, -0.15) is 0 Å². The van der Waals surface area contributed by atoms with Gasteiger partial charge < -0.3 is 9.64 Å². The lowest BCUT2D eigenvalue weighted by Crippen LogP contribution is -2.38. The molecule has 2 aromatic heterocycles. The second-order valence-corrected chi connectivity index (χ2v) is 7.28. The van der Waals surface area contributed by atoms with Crippen LogP contribution in [0.3, 0.4) is 0 Å². The number of rotatable bonds is 3. The van der Waals surface area contributed by atoms with E-state index in [2.05, 4.69) is 58.4 Å². The van der Waals surface area contributed by atoms with Gasteiger partial charge in [0.1, 0.15) is 28.8 Å². The van der Waals surface area contributed by atoms with Gasteiger partial charge in [0.05, 0.1) is 5.39 Å². The lowest BCUT2D eigenvalue weighted by Gasteiger charge is -2.33. The van der Waals surface area contributed by atoms with Crippen molar-refractivity contribution in [3.63, 3.8) is 0 Å². The Balaban J connectivity index is 1.43. The van der Waals surface area contributed by atoms with Gasteiger partial charge in [-0.15, -0.1) is 11.3 Å². The monoisotopic (exact) mass is 339 g/mol. The van der Waals surface area contributed by atoms with Crippen molar-refractivity contribution in [2.45, 2.75) is 32.8 Å². The van der Waals surface area contributed by atoms with Gasteiger partial charge >= 0.3 is 0 Å². The molecule has 24 heavy (non-hydrogen) atoms. The van der Waals surface area contributed by atoms with Crippen LogP contribution in [0.1, 0.15) is 24.0 Å². The first-order valence-corrected chi connectivity index (χ1v) is 9.26. The van der Waals surface area contributed by atoms with Gasteiger partial charge in [-0.25, -0.2) is 9.97 Å². The normalized spacial score (nSPS) is 15.8. The number of thiophene rings is 1. The van der Waals surface area contributed by atoms with E-state index in [0.29, 0.717) is 0 Å². The highest BCUT2D eigenvalue weighted by molar-refractivity contribution is 7.16. The van der Waals surface area contributed by atoms with E-state index >= 15 is 0 Å². The van der Waals surface area contributed by atoms with Crippen molar-refractivity contribution in [1.82, 2.24) is 9.97 Å². The van der Waals surface area contributed by atoms with Gasteiger partial charge in [-0.1, -0.05) is 6.07 Å². The third-order valence-electron chi connectivity index (χ3n) is 4.76. The van der Waals surface area contributed by atoms with Crippen LogP contribution in [0.25, 0.3) is 10.2 Å². The molecule has 4 rings (SSSR count). The predicted molar refractivity (Wildman–Crippen MR) is 99.2 cm³/mol. The molecule has 0 atom stereocenters. The molecule has 1 aromatic carbocycles. The molecule has 1 fully saturated rings. The first kappa shape index (κ1) is 15.4. The lowest BCUT2D eigenvalue weighted by atomic mass is 10.1. The highest BCUT2D eigenvalue weighted by atomic mass is 32.1. The van der Waals surface area contributed by atoms with Crippen LogP contribution in [0.4, 0.5) is 5.82 Å². The molecule has 1 aliphatic heterocycles. The Morgan fingerprint density at radius 2 is 1.92 bits per heavy atom. The summed E-state index contributed by atoms with van der Waals surface area (Å²) < 4.78 is 6.19. The molecular formula is C19H21N3OS. The van der Waals surface area contributed by atoms with E-state index in [1.54, 1.807) is 17.7 Å². The minimum atomic E-state index is 0.281. The Kier molecular flexibility index (Phi) is 4.10. The number of hydrogen-bond acceptors (Lipinski definition) is 5. The van der Waals surface area contributed by atoms with Crippen molar-refractivity contribution in [1.29, 1.82) is 0 Å². The summed E-state index contributed by atoms with van der Waals surface area (Å²) in [7, 11) is 0. The third-order valence-corrected chi connectivity index (χ3v) is 5.58. The van der Waals surface area contributed by atoms with E-state index in [-0.39, 0.29) is 6.10 Å². The molecule has 0 aliphatic carbocycles. The highest BCUT2D eigenvalue weighted by Gasteiger charge is 2.23. The Morgan fingerprint density at radius 1 is 1.08 bits per heavy atom. The maximum atomic E-state index is 6.19. The molecule has 0 radical (unpaired) electrons. The molecule has 0 bridgehead atoms. The third kappa shape index (κ3) is 2.96. The average Bonchev–Trinajstić information content (AvgIpc) is 3.08. The highest BCUT2D eigenvalue weighted by Crippen LogP contribution is 2.29. The Hall–Kier alpha value is -2.14. The van der Waals surface area contributed by atoms with Gasteiger partial charge in [-0.3, -0.25) is 0 Å². The fourth-order valence-corrected chi connectivity index (χ4v) is 3.92. The van der Waals surface area contributed by atoms with Crippen molar-refractivity contribution >= 4 is 27.4 Å². The van der Waals surface area contributed by atoms with Crippen molar-refractivity contribution in [3.05, 3.63) is 47.1 Å². The number of anilines is 1. The molecule has 0 saturated carbocycles. The number of benzene rings is 1. The largest absolute Gasteiger partial charge is 0.490 e. The Labute approximate surface area is 146 Å². The summed E-state index contributed by atoms with van der Waals surface area (Å²) >= 11 is 1.67. The van der Waals surface area contributed by atoms with E-state index in [1.165, 1.54) is 11.1 Å². The zero-order valence-corrected chi connectivity index (χ0v) is 14.8. The quantitative estimate of drug-likeness (QED) is 0.711.